The molecule has 0 spiro atoms. The van der Waals surface area contributed by atoms with Crippen molar-refractivity contribution in [2.45, 2.75) is 24.4 Å². The minimum absolute atomic E-state index is 0.0932. The molecule has 2 aromatic rings. The predicted octanol–water partition coefficient (Wildman–Crippen LogP) is 1.91. The van der Waals surface area contributed by atoms with E-state index in [4.69, 9.17) is 9.47 Å². The summed E-state index contributed by atoms with van der Waals surface area (Å²) >= 11 is 0. The number of aliphatic carboxylic acids is 1. The lowest BCUT2D eigenvalue weighted by atomic mass is 9.98. The van der Waals surface area contributed by atoms with Crippen LogP contribution in [0, 0.1) is 0 Å². The molecule has 2 fully saturated rings. The van der Waals surface area contributed by atoms with Gasteiger partial charge in [-0.05, 0) is 22.3 Å². The molecule has 2 aromatic carbocycles. The molecule has 0 saturated carbocycles. The lowest BCUT2D eigenvalue weighted by molar-refractivity contribution is -0.144. The van der Waals surface area contributed by atoms with Gasteiger partial charge in [0.2, 0.25) is 5.91 Å². The summed E-state index contributed by atoms with van der Waals surface area (Å²) in [6.45, 7) is 3.87. The molecule has 5 rings (SSSR count). The van der Waals surface area contributed by atoms with Gasteiger partial charge in [-0.15, -0.1) is 0 Å². The van der Waals surface area contributed by atoms with Crippen LogP contribution in [0.5, 0.6) is 0 Å². The van der Waals surface area contributed by atoms with Gasteiger partial charge >= 0.3 is 12.1 Å². The topological polar surface area (TPSA) is 108 Å². The van der Waals surface area contributed by atoms with E-state index < -0.39 is 30.4 Å². The second-order valence-electron chi connectivity index (χ2n) is 9.17. The van der Waals surface area contributed by atoms with Crippen LogP contribution in [-0.4, -0.2) is 91.0 Å². The zero-order valence-electron chi connectivity index (χ0n) is 19.4. The van der Waals surface area contributed by atoms with E-state index in [1.165, 1.54) is 0 Å². The number of hydrogen-bond acceptors (Lipinski definition) is 6. The van der Waals surface area contributed by atoms with Crippen molar-refractivity contribution in [1.82, 2.24) is 15.1 Å². The first-order valence-corrected chi connectivity index (χ1v) is 11.9. The third kappa shape index (κ3) is 4.87. The summed E-state index contributed by atoms with van der Waals surface area (Å²) in [6.07, 6.45) is -1.29. The maximum Gasteiger partial charge on any atom is 0.407 e. The molecule has 0 aromatic heterocycles. The number of amides is 2. The maximum atomic E-state index is 13.1. The lowest BCUT2D eigenvalue weighted by Gasteiger charge is -2.43. The molecular weight excluding hydrogens is 450 g/mol. The molecular formula is C26H29N3O6. The zero-order chi connectivity index (χ0) is 24.4. The van der Waals surface area contributed by atoms with Crippen molar-refractivity contribution in [3.63, 3.8) is 0 Å². The summed E-state index contributed by atoms with van der Waals surface area (Å²) in [5, 5.41) is 11.8. The number of piperazine rings is 1. The highest BCUT2D eigenvalue weighted by molar-refractivity contribution is 5.89. The van der Waals surface area contributed by atoms with Gasteiger partial charge in [0.25, 0.3) is 0 Å². The molecule has 2 N–H and O–H groups in total. The van der Waals surface area contributed by atoms with Gasteiger partial charge in [-0.25, -0.2) is 4.79 Å². The van der Waals surface area contributed by atoms with Gasteiger partial charge in [0.05, 0.1) is 25.7 Å². The van der Waals surface area contributed by atoms with E-state index in [1.807, 2.05) is 48.5 Å². The molecule has 2 amide bonds. The van der Waals surface area contributed by atoms with E-state index in [0.717, 1.165) is 22.3 Å². The van der Waals surface area contributed by atoms with Crippen LogP contribution in [-0.2, 0) is 19.1 Å². The van der Waals surface area contributed by atoms with Crippen LogP contribution < -0.4 is 5.32 Å². The van der Waals surface area contributed by atoms with Crippen molar-refractivity contribution in [2.75, 3.05) is 46.0 Å². The third-order valence-corrected chi connectivity index (χ3v) is 7.08. The Morgan fingerprint density at radius 3 is 2.11 bits per heavy atom. The number of carbonyl (C=O) groups excluding carboxylic acids is 2. The Kier molecular flexibility index (Phi) is 6.70. The van der Waals surface area contributed by atoms with Crippen molar-refractivity contribution in [2.24, 2.45) is 0 Å². The molecule has 35 heavy (non-hydrogen) atoms. The Morgan fingerprint density at radius 2 is 1.57 bits per heavy atom. The van der Waals surface area contributed by atoms with Crippen molar-refractivity contribution >= 4 is 18.0 Å². The van der Waals surface area contributed by atoms with Crippen LogP contribution in [0.1, 0.15) is 23.5 Å². The van der Waals surface area contributed by atoms with E-state index in [0.29, 0.717) is 45.4 Å². The summed E-state index contributed by atoms with van der Waals surface area (Å²) in [6, 6.07) is 15.2. The first kappa shape index (κ1) is 23.3. The number of nitrogens with one attached hydrogen (secondary N) is 1. The Labute approximate surface area is 203 Å². The smallest absolute Gasteiger partial charge is 0.407 e. The average molecular weight is 480 g/mol. The van der Waals surface area contributed by atoms with Crippen LogP contribution >= 0.6 is 0 Å². The normalized spacial score (nSPS) is 18.8. The first-order valence-electron chi connectivity index (χ1n) is 11.9. The standard InChI is InChI=1S/C26H29N3O6/c30-24(31)13-23(25(32)29-11-9-28(10-12-29)17-14-34-15-17)27-26(33)35-16-22-20-7-3-1-5-18(20)19-6-2-4-8-21(19)22/h1-8,17,22-23H,9-16H2,(H,27,33)(H,30,31). The Hall–Kier alpha value is -3.43. The Bertz CT molecular complexity index is 1060. The van der Waals surface area contributed by atoms with E-state index >= 15 is 0 Å². The molecule has 2 heterocycles. The van der Waals surface area contributed by atoms with E-state index in [9.17, 15) is 19.5 Å². The van der Waals surface area contributed by atoms with Crippen LogP contribution in [0.3, 0.4) is 0 Å². The first-order chi connectivity index (χ1) is 17.0. The molecule has 9 heteroatoms. The minimum Gasteiger partial charge on any atom is -0.481 e. The molecule has 0 bridgehead atoms. The molecule has 1 aliphatic carbocycles. The summed E-state index contributed by atoms with van der Waals surface area (Å²) in [7, 11) is 0. The molecule has 2 aliphatic heterocycles. The lowest BCUT2D eigenvalue weighted by Crippen LogP contribution is -2.60. The van der Waals surface area contributed by atoms with Crippen LogP contribution in [0.15, 0.2) is 48.5 Å². The van der Waals surface area contributed by atoms with Gasteiger partial charge < -0.3 is 24.8 Å². The minimum atomic E-state index is -1.18. The fourth-order valence-electron chi connectivity index (χ4n) is 5.12. The summed E-state index contributed by atoms with van der Waals surface area (Å²) in [4.78, 5) is 41.1. The van der Waals surface area contributed by atoms with Crippen molar-refractivity contribution in [1.29, 1.82) is 0 Å². The molecule has 2 saturated heterocycles. The second-order valence-corrected chi connectivity index (χ2v) is 9.17. The van der Waals surface area contributed by atoms with E-state index in [-0.39, 0.29) is 12.5 Å². The third-order valence-electron chi connectivity index (χ3n) is 7.08. The fourth-order valence-corrected chi connectivity index (χ4v) is 5.12. The molecule has 1 atom stereocenters. The number of alkyl carbamates (subject to hydrolysis) is 1. The van der Waals surface area contributed by atoms with Gasteiger partial charge in [0, 0.05) is 32.1 Å². The Morgan fingerprint density at radius 1 is 0.971 bits per heavy atom. The highest BCUT2D eigenvalue weighted by atomic mass is 16.5. The molecule has 184 valence electrons. The number of hydrogen-bond donors (Lipinski definition) is 2. The van der Waals surface area contributed by atoms with Crippen molar-refractivity contribution < 1.29 is 29.0 Å². The van der Waals surface area contributed by atoms with Gasteiger partial charge in [-0.3, -0.25) is 14.5 Å². The molecule has 0 radical (unpaired) electrons. The molecule has 1 unspecified atom stereocenters. The number of carboxylic acids is 1. The van der Waals surface area contributed by atoms with Gasteiger partial charge in [0.1, 0.15) is 12.6 Å². The van der Waals surface area contributed by atoms with Crippen molar-refractivity contribution in [3.8, 4) is 11.1 Å². The van der Waals surface area contributed by atoms with E-state index in [2.05, 4.69) is 10.2 Å². The summed E-state index contributed by atoms with van der Waals surface area (Å²) in [5.74, 6) is -1.68. The highest BCUT2D eigenvalue weighted by Gasteiger charge is 2.34. The zero-order valence-corrected chi connectivity index (χ0v) is 19.4. The van der Waals surface area contributed by atoms with Gasteiger partial charge in [-0.1, -0.05) is 48.5 Å². The van der Waals surface area contributed by atoms with Crippen LogP contribution in [0.4, 0.5) is 4.79 Å². The highest BCUT2D eigenvalue weighted by Crippen LogP contribution is 2.44. The number of benzene rings is 2. The predicted molar refractivity (Wildman–Crippen MR) is 127 cm³/mol. The number of nitrogens with zero attached hydrogens (tertiary/aromatic N) is 2. The Balaban J connectivity index is 1.20. The number of ether oxygens (including phenoxy) is 2. The fraction of sp³-hybridized carbons (Fsp3) is 0.423. The SMILES string of the molecule is O=C(O)CC(NC(=O)OCC1c2ccccc2-c2ccccc21)C(=O)N1CCN(C2COC2)CC1. The van der Waals surface area contributed by atoms with Crippen LogP contribution in [0.2, 0.25) is 0 Å². The van der Waals surface area contributed by atoms with Crippen LogP contribution in [0.25, 0.3) is 11.1 Å². The number of carboxylic acid groups (broad SMARTS) is 1. The summed E-state index contributed by atoms with van der Waals surface area (Å²) in [5.41, 5.74) is 4.39. The summed E-state index contributed by atoms with van der Waals surface area (Å²) < 4.78 is 10.8. The molecule has 3 aliphatic rings. The average Bonchev–Trinajstić information content (AvgIpc) is 3.15. The quantitative estimate of drug-likeness (QED) is 0.625. The monoisotopic (exact) mass is 479 g/mol. The van der Waals surface area contributed by atoms with E-state index in [1.54, 1.807) is 4.90 Å². The molecule has 9 nitrogen and oxygen atoms in total. The maximum absolute atomic E-state index is 13.1. The van der Waals surface area contributed by atoms with Gasteiger partial charge in [-0.2, -0.15) is 0 Å². The number of carbonyl (C=O) groups is 3. The van der Waals surface area contributed by atoms with Crippen molar-refractivity contribution in [3.05, 3.63) is 59.7 Å². The number of fused-ring (bicyclic) bond motifs is 3. The second kappa shape index (κ2) is 10.1. The van der Waals surface area contributed by atoms with Gasteiger partial charge in [0.15, 0.2) is 0 Å². The number of rotatable bonds is 7. The largest absolute Gasteiger partial charge is 0.481 e.